The first-order chi connectivity index (χ1) is 8.87. The Kier molecular flexibility index (Phi) is 3.78. The van der Waals surface area contributed by atoms with E-state index in [1.54, 1.807) is 12.3 Å². The summed E-state index contributed by atoms with van der Waals surface area (Å²) < 4.78 is 0. The predicted octanol–water partition coefficient (Wildman–Crippen LogP) is 2.59. The third kappa shape index (κ3) is 3.46. The van der Waals surface area contributed by atoms with E-state index in [0.29, 0.717) is 17.0 Å². The SMILES string of the molecule is CC(C)(C)C[C@H]1CCCN1c1cc(C(N)=O)ccn1. The molecule has 1 fully saturated rings. The van der Waals surface area contributed by atoms with Gasteiger partial charge in [-0.2, -0.15) is 0 Å². The molecule has 2 rings (SSSR count). The number of amides is 1. The van der Waals surface area contributed by atoms with Gasteiger partial charge in [0, 0.05) is 24.3 Å². The average molecular weight is 261 g/mol. The van der Waals surface area contributed by atoms with E-state index in [1.165, 1.54) is 12.8 Å². The van der Waals surface area contributed by atoms with Gasteiger partial charge in [0.05, 0.1) is 0 Å². The van der Waals surface area contributed by atoms with E-state index < -0.39 is 5.91 Å². The number of primary amides is 1. The molecule has 1 aliphatic rings. The Morgan fingerprint density at radius 2 is 2.26 bits per heavy atom. The van der Waals surface area contributed by atoms with Gasteiger partial charge in [0.2, 0.25) is 5.91 Å². The van der Waals surface area contributed by atoms with Gasteiger partial charge in [0.15, 0.2) is 0 Å². The first-order valence-electron chi connectivity index (χ1n) is 6.89. The van der Waals surface area contributed by atoms with Gasteiger partial charge in [-0.05, 0) is 36.8 Å². The number of hydrogen-bond acceptors (Lipinski definition) is 3. The summed E-state index contributed by atoms with van der Waals surface area (Å²) in [4.78, 5) is 18.0. The van der Waals surface area contributed by atoms with E-state index in [0.717, 1.165) is 18.8 Å². The molecule has 104 valence electrons. The molecule has 19 heavy (non-hydrogen) atoms. The number of nitrogens with two attached hydrogens (primary N) is 1. The summed E-state index contributed by atoms with van der Waals surface area (Å²) in [5, 5.41) is 0. The summed E-state index contributed by atoms with van der Waals surface area (Å²) in [6.07, 6.45) is 5.18. The highest BCUT2D eigenvalue weighted by molar-refractivity contribution is 5.93. The molecule has 1 aromatic heterocycles. The molecule has 0 bridgehead atoms. The van der Waals surface area contributed by atoms with Crippen molar-refractivity contribution in [2.24, 2.45) is 11.1 Å². The van der Waals surface area contributed by atoms with Crippen molar-refractivity contribution in [2.45, 2.75) is 46.1 Å². The Labute approximate surface area is 115 Å². The molecule has 0 aromatic carbocycles. The van der Waals surface area contributed by atoms with Crippen LogP contribution in [0.25, 0.3) is 0 Å². The van der Waals surface area contributed by atoms with Crippen LogP contribution < -0.4 is 10.6 Å². The molecule has 1 saturated heterocycles. The van der Waals surface area contributed by atoms with Gasteiger partial charge in [0.25, 0.3) is 0 Å². The van der Waals surface area contributed by atoms with E-state index in [-0.39, 0.29) is 0 Å². The highest BCUT2D eigenvalue weighted by atomic mass is 16.1. The van der Waals surface area contributed by atoms with E-state index in [9.17, 15) is 4.79 Å². The maximum Gasteiger partial charge on any atom is 0.248 e. The Morgan fingerprint density at radius 3 is 2.89 bits per heavy atom. The van der Waals surface area contributed by atoms with Crippen LogP contribution in [0.4, 0.5) is 5.82 Å². The van der Waals surface area contributed by atoms with Crippen LogP contribution in [0.2, 0.25) is 0 Å². The maximum atomic E-state index is 11.3. The monoisotopic (exact) mass is 261 g/mol. The molecule has 0 aliphatic carbocycles. The third-order valence-corrected chi connectivity index (χ3v) is 3.55. The molecule has 1 atom stereocenters. The van der Waals surface area contributed by atoms with Gasteiger partial charge in [0.1, 0.15) is 5.82 Å². The van der Waals surface area contributed by atoms with Gasteiger partial charge >= 0.3 is 0 Å². The highest BCUT2D eigenvalue weighted by Gasteiger charge is 2.29. The number of rotatable bonds is 3. The number of hydrogen-bond donors (Lipinski definition) is 1. The van der Waals surface area contributed by atoms with E-state index in [1.807, 2.05) is 6.07 Å². The second-order valence-electron chi connectivity index (χ2n) is 6.52. The van der Waals surface area contributed by atoms with Crippen LogP contribution >= 0.6 is 0 Å². The molecule has 2 heterocycles. The number of carbonyl (C=O) groups is 1. The largest absolute Gasteiger partial charge is 0.366 e. The Bertz CT molecular complexity index is 465. The first kappa shape index (κ1) is 13.8. The number of anilines is 1. The lowest BCUT2D eigenvalue weighted by atomic mass is 9.87. The topological polar surface area (TPSA) is 59.2 Å². The van der Waals surface area contributed by atoms with Crippen LogP contribution in [0.5, 0.6) is 0 Å². The number of carbonyl (C=O) groups excluding carboxylic acids is 1. The zero-order valence-corrected chi connectivity index (χ0v) is 12.0. The van der Waals surface area contributed by atoms with Crippen LogP contribution in [0.3, 0.4) is 0 Å². The fourth-order valence-corrected chi connectivity index (χ4v) is 2.79. The molecule has 0 unspecified atom stereocenters. The second kappa shape index (κ2) is 5.19. The zero-order chi connectivity index (χ0) is 14.0. The van der Waals surface area contributed by atoms with Crippen molar-refractivity contribution in [1.82, 2.24) is 4.98 Å². The van der Waals surface area contributed by atoms with E-state index in [2.05, 4.69) is 30.7 Å². The van der Waals surface area contributed by atoms with E-state index in [4.69, 9.17) is 5.73 Å². The van der Waals surface area contributed by atoms with Crippen molar-refractivity contribution >= 4 is 11.7 Å². The summed E-state index contributed by atoms with van der Waals surface area (Å²) in [6.45, 7) is 7.79. The fourth-order valence-electron chi connectivity index (χ4n) is 2.79. The van der Waals surface area contributed by atoms with Crippen molar-refractivity contribution in [1.29, 1.82) is 0 Å². The average Bonchev–Trinajstić information content (AvgIpc) is 2.75. The van der Waals surface area contributed by atoms with Gasteiger partial charge in [-0.1, -0.05) is 20.8 Å². The summed E-state index contributed by atoms with van der Waals surface area (Å²) in [6, 6.07) is 3.99. The number of pyridine rings is 1. The molecule has 2 N–H and O–H groups in total. The fraction of sp³-hybridized carbons (Fsp3) is 0.600. The minimum absolute atomic E-state index is 0.300. The Balaban J connectivity index is 2.20. The molecule has 1 aliphatic heterocycles. The van der Waals surface area contributed by atoms with Crippen molar-refractivity contribution in [2.75, 3.05) is 11.4 Å². The summed E-state index contributed by atoms with van der Waals surface area (Å²) >= 11 is 0. The maximum absolute atomic E-state index is 11.3. The highest BCUT2D eigenvalue weighted by Crippen LogP contribution is 2.32. The predicted molar refractivity (Wildman–Crippen MR) is 77.2 cm³/mol. The van der Waals surface area contributed by atoms with Crippen LogP contribution in [-0.4, -0.2) is 23.5 Å². The summed E-state index contributed by atoms with van der Waals surface area (Å²) in [7, 11) is 0. The quantitative estimate of drug-likeness (QED) is 0.909. The zero-order valence-electron chi connectivity index (χ0n) is 12.0. The molecule has 0 radical (unpaired) electrons. The molecule has 4 nitrogen and oxygen atoms in total. The molecular formula is C15H23N3O. The van der Waals surface area contributed by atoms with Crippen molar-refractivity contribution in [3.05, 3.63) is 23.9 Å². The number of aromatic nitrogens is 1. The minimum atomic E-state index is -0.393. The normalized spacial score (nSPS) is 19.7. The first-order valence-corrected chi connectivity index (χ1v) is 6.89. The van der Waals surface area contributed by atoms with Gasteiger partial charge in [-0.25, -0.2) is 4.98 Å². The summed E-state index contributed by atoms with van der Waals surface area (Å²) in [5.41, 5.74) is 6.17. The van der Waals surface area contributed by atoms with Gasteiger partial charge in [-0.3, -0.25) is 4.79 Å². The lowest BCUT2D eigenvalue weighted by molar-refractivity contribution is 0.1000. The smallest absolute Gasteiger partial charge is 0.248 e. The lowest BCUT2D eigenvalue weighted by Gasteiger charge is -2.31. The van der Waals surface area contributed by atoms with Crippen LogP contribution in [0.1, 0.15) is 50.4 Å². The van der Waals surface area contributed by atoms with Crippen LogP contribution in [0, 0.1) is 5.41 Å². The van der Waals surface area contributed by atoms with Gasteiger partial charge < -0.3 is 10.6 Å². The molecule has 1 aromatic rings. The Hall–Kier alpha value is -1.58. The minimum Gasteiger partial charge on any atom is -0.366 e. The van der Waals surface area contributed by atoms with Crippen molar-refractivity contribution in [3.8, 4) is 0 Å². The molecule has 1 amide bonds. The standard InChI is InChI=1S/C15H23N3O/c1-15(2,3)10-12-5-4-8-18(12)13-9-11(14(16)19)6-7-17-13/h6-7,9,12H,4-5,8,10H2,1-3H3,(H2,16,19)/t12-/m1/s1. The van der Waals surface area contributed by atoms with Crippen LogP contribution in [-0.2, 0) is 0 Å². The van der Waals surface area contributed by atoms with E-state index >= 15 is 0 Å². The molecule has 4 heteroatoms. The lowest BCUT2D eigenvalue weighted by Crippen LogP contribution is -2.33. The molecular weight excluding hydrogens is 238 g/mol. The molecule has 0 spiro atoms. The Morgan fingerprint density at radius 1 is 1.53 bits per heavy atom. The van der Waals surface area contributed by atoms with Crippen LogP contribution in [0.15, 0.2) is 18.3 Å². The molecule has 0 saturated carbocycles. The number of nitrogens with zero attached hydrogens (tertiary/aromatic N) is 2. The summed E-state index contributed by atoms with van der Waals surface area (Å²) in [5.74, 6) is 0.485. The third-order valence-electron chi connectivity index (χ3n) is 3.55. The van der Waals surface area contributed by atoms with Crippen molar-refractivity contribution < 1.29 is 4.79 Å². The van der Waals surface area contributed by atoms with Crippen molar-refractivity contribution in [3.63, 3.8) is 0 Å². The second-order valence-corrected chi connectivity index (χ2v) is 6.52. The van der Waals surface area contributed by atoms with Gasteiger partial charge in [-0.15, -0.1) is 0 Å².